The van der Waals surface area contributed by atoms with Crippen LogP contribution < -0.4 is 20.1 Å². The summed E-state index contributed by atoms with van der Waals surface area (Å²) in [5.74, 6) is 0.745. The number of hydrogen-bond acceptors (Lipinski definition) is 4. The summed E-state index contributed by atoms with van der Waals surface area (Å²) in [5, 5.41) is 2.08. The van der Waals surface area contributed by atoms with Crippen molar-refractivity contribution in [2.75, 3.05) is 43.5 Å². The predicted octanol–water partition coefficient (Wildman–Crippen LogP) is 7.91. The zero-order valence-electron chi connectivity index (χ0n) is 22.2. The summed E-state index contributed by atoms with van der Waals surface area (Å²) in [6.07, 6.45) is 0. The molecule has 0 unspecified atom stereocenters. The highest BCUT2D eigenvalue weighted by molar-refractivity contribution is 6.29. The molecule has 0 atom stereocenters. The first kappa shape index (κ1) is 25.5. The van der Waals surface area contributed by atoms with Gasteiger partial charge in [0.15, 0.2) is 5.75 Å². The molecule has 192 valence electrons. The van der Waals surface area contributed by atoms with Crippen molar-refractivity contribution < 1.29 is 4.84 Å². The van der Waals surface area contributed by atoms with E-state index in [1.165, 1.54) is 0 Å². The highest BCUT2D eigenvalue weighted by Gasteiger charge is 2.36. The molecule has 0 fully saturated rings. The fourth-order valence-electron chi connectivity index (χ4n) is 4.75. The van der Waals surface area contributed by atoms with Gasteiger partial charge in [0, 0.05) is 45.0 Å². The van der Waals surface area contributed by atoms with Crippen molar-refractivity contribution >= 4 is 39.4 Å². The van der Waals surface area contributed by atoms with Gasteiger partial charge < -0.3 is 14.6 Å². The van der Waals surface area contributed by atoms with Crippen molar-refractivity contribution in [1.29, 1.82) is 0 Å². The van der Waals surface area contributed by atoms with Gasteiger partial charge in [0.25, 0.3) is 0 Å². The van der Waals surface area contributed by atoms with E-state index in [2.05, 4.69) is 88.1 Å². The summed E-state index contributed by atoms with van der Waals surface area (Å²) >= 11 is 7.80. The van der Waals surface area contributed by atoms with E-state index in [0.717, 1.165) is 50.3 Å². The van der Waals surface area contributed by atoms with Gasteiger partial charge in [0.05, 0.1) is 5.69 Å². The van der Waals surface area contributed by atoms with Crippen LogP contribution in [0.4, 0.5) is 17.1 Å². The number of hydrogen-bond donors (Lipinski definition) is 1. The van der Waals surface area contributed by atoms with E-state index in [9.17, 15) is 0 Å². The minimum atomic E-state index is -0.909. The number of benzene rings is 5. The second-order valence-electron chi connectivity index (χ2n) is 9.76. The van der Waals surface area contributed by atoms with E-state index in [0.29, 0.717) is 0 Å². The van der Waals surface area contributed by atoms with Crippen LogP contribution in [-0.2, 0) is 4.87 Å². The molecule has 5 aromatic rings. The minimum absolute atomic E-state index is 0.745. The Morgan fingerprint density at radius 2 is 1.08 bits per heavy atom. The summed E-state index contributed by atoms with van der Waals surface area (Å²) in [6.45, 7) is 0. The number of nitrogens with zero attached hydrogens (tertiary/aromatic N) is 2. The molecule has 0 aromatic heterocycles. The van der Waals surface area contributed by atoms with Gasteiger partial charge in [-0.1, -0.05) is 72.8 Å². The van der Waals surface area contributed by atoms with Gasteiger partial charge in [-0.3, -0.25) is 0 Å². The topological polar surface area (TPSA) is 27.7 Å². The third-order valence-electron chi connectivity index (χ3n) is 6.88. The average Bonchev–Trinajstić information content (AvgIpc) is 2.96. The first-order valence-corrected chi connectivity index (χ1v) is 13.0. The first-order valence-electron chi connectivity index (χ1n) is 12.6. The lowest BCUT2D eigenvalue weighted by Crippen LogP contribution is -2.23. The number of anilines is 3. The van der Waals surface area contributed by atoms with Crippen LogP contribution in [0.1, 0.15) is 16.7 Å². The standard InChI is InChI=1S/C33H32ClN3O/c1-36(2)26-18-14-24(15-19-26)33(34,25-16-20-27(21-17-25)37(3)4)31-22-23-32(30-13-9-8-12-29(30)31)35-38-28-10-6-5-7-11-28/h5-23,35H,1-4H3. The van der Waals surface area contributed by atoms with Gasteiger partial charge in [-0.25, -0.2) is 5.48 Å². The number of nitrogens with one attached hydrogen (secondary N) is 1. The number of alkyl halides is 1. The zero-order valence-corrected chi connectivity index (χ0v) is 22.9. The molecular weight excluding hydrogens is 490 g/mol. The van der Waals surface area contributed by atoms with E-state index >= 15 is 0 Å². The summed E-state index contributed by atoms with van der Waals surface area (Å²) in [6, 6.07) is 39.1. The number of para-hydroxylation sites is 1. The Hall–Kier alpha value is -4.15. The van der Waals surface area contributed by atoms with Gasteiger partial charge in [0.2, 0.25) is 0 Å². The highest BCUT2D eigenvalue weighted by Crippen LogP contribution is 2.47. The van der Waals surface area contributed by atoms with Gasteiger partial charge in [-0.05, 0) is 64.5 Å². The maximum Gasteiger partial charge on any atom is 0.155 e. The van der Waals surface area contributed by atoms with E-state index in [1.54, 1.807) is 0 Å². The lowest BCUT2D eigenvalue weighted by molar-refractivity contribution is 0.406. The Balaban J connectivity index is 1.66. The molecule has 0 heterocycles. The van der Waals surface area contributed by atoms with Crippen molar-refractivity contribution in [2.45, 2.75) is 4.87 Å². The zero-order chi connectivity index (χ0) is 26.7. The normalized spacial score (nSPS) is 11.3. The van der Waals surface area contributed by atoms with E-state index in [4.69, 9.17) is 16.4 Å². The van der Waals surface area contributed by atoms with Crippen LogP contribution in [0.3, 0.4) is 0 Å². The molecule has 0 aliphatic carbocycles. The first-order chi connectivity index (χ1) is 18.4. The van der Waals surface area contributed by atoms with E-state index < -0.39 is 4.87 Å². The third-order valence-corrected chi connectivity index (χ3v) is 7.52. The second-order valence-corrected chi connectivity index (χ2v) is 10.3. The minimum Gasteiger partial charge on any atom is -0.382 e. The summed E-state index contributed by atoms with van der Waals surface area (Å²) in [5.41, 5.74) is 9.29. The molecule has 0 bridgehead atoms. The molecule has 0 radical (unpaired) electrons. The molecule has 0 amide bonds. The summed E-state index contributed by atoms with van der Waals surface area (Å²) in [4.78, 5) is 9.15. The second kappa shape index (κ2) is 10.7. The van der Waals surface area contributed by atoms with Gasteiger partial charge >= 0.3 is 0 Å². The van der Waals surface area contributed by atoms with Gasteiger partial charge in [-0.2, -0.15) is 0 Å². The Bertz CT molecular complexity index is 1460. The van der Waals surface area contributed by atoms with Gasteiger partial charge in [-0.15, -0.1) is 11.6 Å². The van der Waals surface area contributed by atoms with Crippen LogP contribution in [0.15, 0.2) is 115 Å². The lowest BCUT2D eigenvalue weighted by Gasteiger charge is -2.31. The Morgan fingerprint density at radius 3 is 1.61 bits per heavy atom. The SMILES string of the molecule is CN(C)c1ccc(C(Cl)(c2ccc(N(C)C)cc2)c2ccc(NOc3ccccc3)c3ccccc23)cc1. The van der Waals surface area contributed by atoms with Gasteiger partial charge in [0.1, 0.15) is 4.87 Å². The molecule has 1 N–H and O–H groups in total. The predicted molar refractivity (Wildman–Crippen MR) is 162 cm³/mol. The fourth-order valence-corrected chi connectivity index (χ4v) is 5.16. The molecule has 0 spiro atoms. The summed E-state index contributed by atoms with van der Waals surface area (Å²) < 4.78 is 0. The molecule has 4 nitrogen and oxygen atoms in total. The van der Waals surface area contributed by atoms with Crippen molar-refractivity contribution in [3.05, 3.63) is 132 Å². The van der Waals surface area contributed by atoms with Crippen molar-refractivity contribution in [2.24, 2.45) is 0 Å². The smallest absolute Gasteiger partial charge is 0.155 e. The van der Waals surface area contributed by atoms with Crippen LogP contribution >= 0.6 is 11.6 Å². The molecule has 0 saturated carbocycles. The van der Waals surface area contributed by atoms with Crippen LogP contribution in [0.2, 0.25) is 0 Å². The third kappa shape index (κ3) is 4.88. The quantitative estimate of drug-likeness (QED) is 0.127. The largest absolute Gasteiger partial charge is 0.382 e. The molecule has 5 rings (SSSR count). The maximum atomic E-state index is 7.80. The van der Waals surface area contributed by atoms with Crippen molar-refractivity contribution in [3.63, 3.8) is 0 Å². The molecule has 0 saturated heterocycles. The average molecular weight is 522 g/mol. The number of fused-ring (bicyclic) bond motifs is 1. The monoisotopic (exact) mass is 521 g/mol. The fraction of sp³-hybridized carbons (Fsp3) is 0.152. The Labute approximate surface area is 230 Å². The van der Waals surface area contributed by atoms with Crippen LogP contribution in [0.25, 0.3) is 10.8 Å². The number of rotatable bonds is 8. The van der Waals surface area contributed by atoms with Crippen LogP contribution in [0, 0.1) is 0 Å². The molecule has 0 aliphatic rings. The highest BCUT2D eigenvalue weighted by atomic mass is 35.5. The van der Waals surface area contributed by atoms with Crippen LogP contribution in [0.5, 0.6) is 5.75 Å². The number of halogens is 1. The van der Waals surface area contributed by atoms with E-state index in [-0.39, 0.29) is 0 Å². The lowest BCUT2D eigenvalue weighted by atomic mass is 9.81. The maximum absolute atomic E-state index is 7.80. The molecule has 5 heteroatoms. The Morgan fingerprint density at radius 1 is 0.579 bits per heavy atom. The molecule has 38 heavy (non-hydrogen) atoms. The molecule has 5 aromatic carbocycles. The molecule has 0 aliphatic heterocycles. The van der Waals surface area contributed by atoms with Crippen LogP contribution in [-0.4, -0.2) is 28.2 Å². The summed E-state index contributed by atoms with van der Waals surface area (Å²) in [7, 11) is 8.17. The van der Waals surface area contributed by atoms with Crippen molar-refractivity contribution in [1.82, 2.24) is 0 Å². The van der Waals surface area contributed by atoms with E-state index in [1.807, 2.05) is 70.7 Å². The Kier molecular flexibility index (Phi) is 7.17. The molecular formula is C33H32ClN3O. The van der Waals surface area contributed by atoms with Crippen molar-refractivity contribution in [3.8, 4) is 5.75 Å².